The number of halogens is 2. The number of fused-ring (bicyclic) bond motifs is 1. The van der Waals surface area contributed by atoms with Crippen molar-refractivity contribution in [2.75, 3.05) is 6.54 Å². The fraction of sp³-hybridized carbons (Fsp3) is 0.267. The van der Waals surface area contributed by atoms with E-state index in [2.05, 4.69) is 42.9 Å². The van der Waals surface area contributed by atoms with E-state index in [4.69, 9.17) is 0 Å². The molecule has 1 aromatic heterocycles. The molecule has 0 atom stereocenters. The minimum absolute atomic E-state index is 0.186. The highest BCUT2D eigenvalue weighted by molar-refractivity contribution is 9.10. The lowest BCUT2D eigenvalue weighted by Gasteiger charge is -2.27. The van der Waals surface area contributed by atoms with Gasteiger partial charge in [0, 0.05) is 29.7 Å². The van der Waals surface area contributed by atoms with Crippen LogP contribution in [-0.2, 0) is 24.2 Å². The van der Waals surface area contributed by atoms with Gasteiger partial charge in [0.1, 0.15) is 0 Å². The van der Waals surface area contributed by atoms with Gasteiger partial charge in [0.15, 0.2) is 0 Å². The number of hydrogen-bond donors (Lipinski definition) is 1. The van der Waals surface area contributed by atoms with Crippen LogP contribution in [0.25, 0.3) is 0 Å². The summed E-state index contributed by atoms with van der Waals surface area (Å²) in [6.07, 6.45) is 1.35. The molecule has 104 valence electrons. The molecule has 0 radical (unpaired) electrons. The van der Waals surface area contributed by atoms with Crippen LogP contribution in [0, 0.1) is 0 Å². The number of hydrogen-bond acceptors (Lipinski definition) is 1. The van der Waals surface area contributed by atoms with Crippen molar-refractivity contribution in [1.29, 1.82) is 0 Å². The van der Waals surface area contributed by atoms with Gasteiger partial charge in [-0.25, -0.2) is 0 Å². The maximum atomic E-state index is 12.4. The fourth-order valence-electron chi connectivity index (χ4n) is 2.54. The van der Waals surface area contributed by atoms with Crippen LogP contribution in [0.5, 0.6) is 0 Å². The molecule has 0 saturated heterocycles. The number of benzene rings is 1. The lowest BCUT2D eigenvalue weighted by molar-refractivity contribution is -0.131. The third-order valence-corrected chi connectivity index (χ3v) is 4.47. The second kappa shape index (κ2) is 5.74. The second-order valence-electron chi connectivity index (χ2n) is 4.99. The Labute approximate surface area is 134 Å². The summed E-state index contributed by atoms with van der Waals surface area (Å²) in [4.78, 5) is 17.6. The standard InChI is InChI=1S/C15H14Br2N2O/c16-12-3-1-2-10(6-12)7-15(20)19-5-4-13-11(9-19)8-14(17)18-13/h1-3,6,8,18H,4-5,7,9H2. The van der Waals surface area contributed by atoms with Crippen LogP contribution in [0.2, 0.25) is 0 Å². The predicted molar refractivity (Wildman–Crippen MR) is 85.5 cm³/mol. The van der Waals surface area contributed by atoms with E-state index in [0.717, 1.165) is 27.6 Å². The van der Waals surface area contributed by atoms with Gasteiger partial charge in [0.05, 0.1) is 11.0 Å². The Kier molecular flexibility index (Phi) is 3.98. The van der Waals surface area contributed by atoms with E-state index in [-0.39, 0.29) is 5.91 Å². The van der Waals surface area contributed by atoms with Gasteiger partial charge < -0.3 is 9.88 Å². The van der Waals surface area contributed by atoms with Gasteiger partial charge in [0.25, 0.3) is 0 Å². The number of aromatic amines is 1. The van der Waals surface area contributed by atoms with E-state index in [9.17, 15) is 4.79 Å². The average molecular weight is 398 g/mol. The zero-order chi connectivity index (χ0) is 14.1. The van der Waals surface area contributed by atoms with Gasteiger partial charge in [-0.1, -0.05) is 28.1 Å². The first-order chi connectivity index (χ1) is 9.61. The number of carbonyl (C=O) groups excluding carboxylic acids is 1. The zero-order valence-electron chi connectivity index (χ0n) is 10.8. The molecular formula is C15H14Br2N2O. The largest absolute Gasteiger partial charge is 0.353 e. The van der Waals surface area contributed by atoms with E-state index in [1.807, 2.05) is 29.2 Å². The molecule has 0 aliphatic carbocycles. The van der Waals surface area contributed by atoms with Crippen molar-refractivity contribution in [1.82, 2.24) is 9.88 Å². The molecule has 1 amide bonds. The molecule has 1 aliphatic heterocycles. The van der Waals surface area contributed by atoms with Gasteiger partial charge >= 0.3 is 0 Å². The molecule has 5 heteroatoms. The highest BCUT2D eigenvalue weighted by Crippen LogP contribution is 2.23. The zero-order valence-corrected chi connectivity index (χ0v) is 14.0. The summed E-state index contributed by atoms with van der Waals surface area (Å²) in [7, 11) is 0. The van der Waals surface area contributed by atoms with Gasteiger partial charge in [-0.3, -0.25) is 4.79 Å². The van der Waals surface area contributed by atoms with Crippen LogP contribution in [0.15, 0.2) is 39.4 Å². The Morgan fingerprint density at radius 2 is 2.15 bits per heavy atom. The minimum Gasteiger partial charge on any atom is -0.353 e. The van der Waals surface area contributed by atoms with Crippen molar-refractivity contribution in [3.8, 4) is 0 Å². The van der Waals surface area contributed by atoms with E-state index >= 15 is 0 Å². The van der Waals surface area contributed by atoms with Crippen molar-refractivity contribution >= 4 is 37.8 Å². The van der Waals surface area contributed by atoms with Crippen LogP contribution < -0.4 is 0 Å². The molecule has 1 aliphatic rings. The molecular weight excluding hydrogens is 384 g/mol. The Morgan fingerprint density at radius 1 is 1.30 bits per heavy atom. The smallest absolute Gasteiger partial charge is 0.227 e. The van der Waals surface area contributed by atoms with Gasteiger partial charge in [-0.15, -0.1) is 0 Å². The highest BCUT2D eigenvalue weighted by Gasteiger charge is 2.22. The lowest BCUT2D eigenvalue weighted by atomic mass is 10.1. The molecule has 0 spiro atoms. The van der Waals surface area contributed by atoms with Crippen LogP contribution in [0.3, 0.4) is 0 Å². The summed E-state index contributed by atoms with van der Waals surface area (Å²) in [5, 5.41) is 0. The third kappa shape index (κ3) is 2.99. The molecule has 1 N–H and O–H groups in total. The van der Waals surface area contributed by atoms with Gasteiger partial charge in [-0.2, -0.15) is 0 Å². The van der Waals surface area contributed by atoms with Crippen molar-refractivity contribution in [3.05, 3.63) is 56.2 Å². The topological polar surface area (TPSA) is 36.1 Å². The number of H-pyrrole nitrogens is 1. The molecule has 0 unspecified atom stereocenters. The first kappa shape index (κ1) is 13.9. The van der Waals surface area contributed by atoms with Crippen LogP contribution in [0.1, 0.15) is 16.8 Å². The summed E-state index contributed by atoms with van der Waals surface area (Å²) < 4.78 is 2.00. The minimum atomic E-state index is 0.186. The molecule has 2 heterocycles. The van der Waals surface area contributed by atoms with E-state index in [1.54, 1.807) is 0 Å². The molecule has 0 bridgehead atoms. The SMILES string of the molecule is O=C(Cc1cccc(Br)c1)N1CCc2[nH]c(Br)cc2C1. The molecule has 1 aromatic carbocycles. The average Bonchev–Trinajstić information content (AvgIpc) is 2.77. The van der Waals surface area contributed by atoms with Crippen molar-refractivity contribution in [3.63, 3.8) is 0 Å². The van der Waals surface area contributed by atoms with E-state index < -0.39 is 0 Å². The molecule has 0 fully saturated rings. The first-order valence-electron chi connectivity index (χ1n) is 6.50. The number of nitrogens with zero attached hydrogens (tertiary/aromatic N) is 1. The number of aromatic nitrogens is 1. The van der Waals surface area contributed by atoms with Gasteiger partial charge in [-0.05, 0) is 45.3 Å². The molecule has 3 nitrogen and oxygen atoms in total. The summed E-state index contributed by atoms with van der Waals surface area (Å²) in [6.45, 7) is 1.48. The Bertz CT molecular complexity index is 651. The maximum absolute atomic E-state index is 12.4. The Hall–Kier alpha value is -1.07. The maximum Gasteiger partial charge on any atom is 0.227 e. The summed E-state index contributed by atoms with van der Waals surface area (Å²) in [5.41, 5.74) is 3.50. The highest BCUT2D eigenvalue weighted by atomic mass is 79.9. The monoisotopic (exact) mass is 396 g/mol. The Morgan fingerprint density at radius 3 is 2.95 bits per heavy atom. The molecule has 2 aromatic rings. The number of amides is 1. The van der Waals surface area contributed by atoms with E-state index in [1.165, 1.54) is 11.3 Å². The number of rotatable bonds is 2. The molecule has 0 saturated carbocycles. The van der Waals surface area contributed by atoms with Crippen LogP contribution in [-0.4, -0.2) is 22.3 Å². The summed E-state index contributed by atoms with van der Waals surface area (Å²) in [6, 6.07) is 9.99. The van der Waals surface area contributed by atoms with E-state index in [0.29, 0.717) is 13.0 Å². The summed E-state index contributed by atoms with van der Waals surface area (Å²) >= 11 is 6.88. The number of nitrogens with one attached hydrogen (secondary N) is 1. The van der Waals surface area contributed by atoms with Crippen LogP contribution >= 0.6 is 31.9 Å². The normalized spacial score (nSPS) is 14.2. The lowest BCUT2D eigenvalue weighted by Crippen LogP contribution is -2.36. The molecule has 20 heavy (non-hydrogen) atoms. The third-order valence-electron chi connectivity index (χ3n) is 3.55. The first-order valence-corrected chi connectivity index (χ1v) is 8.09. The van der Waals surface area contributed by atoms with Crippen molar-refractivity contribution in [2.24, 2.45) is 0 Å². The van der Waals surface area contributed by atoms with Crippen molar-refractivity contribution in [2.45, 2.75) is 19.4 Å². The fourth-order valence-corrected chi connectivity index (χ4v) is 3.50. The van der Waals surface area contributed by atoms with Crippen molar-refractivity contribution < 1.29 is 4.79 Å². The summed E-state index contributed by atoms with van der Waals surface area (Å²) in [5.74, 6) is 0.186. The Balaban J connectivity index is 1.70. The van der Waals surface area contributed by atoms with Crippen LogP contribution in [0.4, 0.5) is 0 Å². The predicted octanol–water partition coefficient (Wildman–Crippen LogP) is 3.67. The molecule has 3 rings (SSSR count). The van der Waals surface area contributed by atoms with Gasteiger partial charge in [0.2, 0.25) is 5.91 Å². The number of carbonyl (C=O) groups is 1. The second-order valence-corrected chi connectivity index (χ2v) is 6.76. The quantitative estimate of drug-likeness (QED) is 0.824.